The number of esters is 1. The zero-order valence-electron chi connectivity index (χ0n) is 17.5. The molecule has 0 unspecified atom stereocenters. The Morgan fingerprint density at radius 3 is 2.50 bits per heavy atom. The molecule has 0 atom stereocenters. The summed E-state index contributed by atoms with van der Waals surface area (Å²) >= 11 is 0. The van der Waals surface area contributed by atoms with E-state index in [9.17, 15) is 4.79 Å². The van der Waals surface area contributed by atoms with E-state index < -0.39 is 0 Å². The third-order valence-corrected chi connectivity index (χ3v) is 4.56. The highest BCUT2D eigenvalue weighted by Crippen LogP contribution is 2.32. The Kier molecular flexibility index (Phi) is 8.86. The van der Waals surface area contributed by atoms with Gasteiger partial charge in [-0.2, -0.15) is 0 Å². The van der Waals surface area contributed by atoms with Gasteiger partial charge in [-0.3, -0.25) is 0 Å². The first kappa shape index (κ1) is 21.8. The van der Waals surface area contributed by atoms with Crippen molar-refractivity contribution in [1.82, 2.24) is 0 Å². The van der Waals surface area contributed by atoms with E-state index in [2.05, 4.69) is 32.9 Å². The van der Waals surface area contributed by atoms with Crippen molar-refractivity contribution in [2.45, 2.75) is 59.8 Å². The van der Waals surface area contributed by atoms with Crippen LogP contribution in [-0.4, -0.2) is 19.4 Å². The zero-order chi connectivity index (χ0) is 20.4. The third-order valence-electron chi connectivity index (χ3n) is 4.56. The summed E-state index contributed by atoms with van der Waals surface area (Å²) in [7, 11) is 0. The minimum absolute atomic E-state index is 0.266. The fourth-order valence-electron chi connectivity index (χ4n) is 2.92. The Morgan fingerprint density at radius 2 is 1.71 bits per heavy atom. The predicted molar refractivity (Wildman–Crippen MR) is 113 cm³/mol. The SMILES string of the molecule is CC(C)=CCC/C(C)=C/CC/C(C)=C/C(=O)OCCc1ccc2c(c1)OCO2. The molecule has 1 aromatic carbocycles. The average molecular weight is 385 g/mol. The lowest BCUT2D eigenvalue weighted by Crippen LogP contribution is -2.05. The summed E-state index contributed by atoms with van der Waals surface area (Å²) in [6, 6.07) is 5.79. The number of carbonyl (C=O) groups is 1. The number of carbonyl (C=O) groups excluding carboxylic acids is 1. The van der Waals surface area contributed by atoms with Gasteiger partial charge >= 0.3 is 5.97 Å². The molecule has 0 radical (unpaired) electrons. The number of benzene rings is 1. The molecule has 0 saturated carbocycles. The molecule has 0 amide bonds. The number of rotatable bonds is 10. The largest absolute Gasteiger partial charge is 0.462 e. The van der Waals surface area contributed by atoms with Gasteiger partial charge in [-0.15, -0.1) is 0 Å². The Hall–Kier alpha value is -2.49. The number of fused-ring (bicyclic) bond motifs is 1. The fourth-order valence-corrected chi connectivity index (χ4v) is 2.92. The highest BCUT2D eigenvalue weighted by Gasteiger charge is 2.13. The smallest absolute Gasteiger partial charge is 0.330 e. The van der Waals surface area contributed by atoms with E-state index >= 15 is 0 Å². The molecule has 4 nitrogen and oxygen atoms in total. The van der Waals surface area contributed by atoms with Crippen LogP contribution in [0, 0.1) is 0 Å². The van der Waals surface area contributed by atoms with E-state index in [-0.39, 0.29) is 12.8 Å². The van der Waals surface area contributed by atoms with Crippen molar-refractivity contribution in [3.8, 4) is 11.5 Å². The van der Waals surface area contributed by atoms with Crippen LogP contribution >= 0.6 is 0 Å². The molecule has 0 spiro atoms. The Labute approximate surface area is 168 Å². The van der Waals surface area contributed by atoms with E-state index in [1.165, 1.54) is 11.1 Å². The summed E-state index contributed by atoms with van der Waals surface area (Å²) in [4.78, 5) is 12.0. The second-order valence-electron chi connectivity index (χ2n) is 7.51. The second-order valence-corrected chi connectivity index (χ2v) is 7.51. The van der Waals surface area contributed by atoms with Crippen molar-refractivity contribution in [2.75, 3.05) is 13.4 Å². The van der Waals surface area contributed by atoms with Gasteiger partial charge in [0.2, 0.25) is 6.79 Å². The minimum atomic E-state index is -0.275. The van der Waals surface area contributed by atoms with Crippen LogP contribution in [0.1, 0.15) is 58.9 Å². The number of hydrogen-bond acceptors (Lipinski definition) is 4. The van der Waals surface area contributed by atoms with Gasteiger partial charge in [0.15, 0.2) is 11.5 Å². The maximum absolute atomic E-state index is 12.0. The standard InChI is InChI=1S/C24H32O4/c1-18(2)7-5-8-19(3)9-6-10-20(4)15-24(25)26-14-13-21-11-12-22-23(16-21)28-17-27-22/h7,9,11-12,15-16H,5-6,8,10,13-14,17H2,1-4H3/b19-9+,20-15+. The Bertz CT molecular complexity index is 752. The highest BCUT2D eigenvalue weighted by atomic mass is 16.7. The van der Waals surface area contributed by atoms with Gasteiger partial charge in [-0.05, 0) is 71.1 Å². The molecule has 0 aliphatic carbocycles. The lowest BCUT2D eigenvalue weighted by Gasteiger charge is -2.05. The van der Waals surface area contributed by atoms with E-state index in [4.69, 9.17) is 14.2 Å². The molecule has 28 heavy (non-hydrogen) atoms. The maximum Gasteiger partial charge on any atom is 0.330 e. The number of ether oxygens (including phenoxy) is 3. The summed E-state index contributed by atoms with van der Waals surface area (Å²) in [6.45, 7) is 9.02. The van der Waals surface area contributed by atoms with E-state index in [1.807, 2.05) is 25.1 Å². The molecule has 2 rings (SSSR count). The van der Waals surface area contributed by atoms with Gasteiger partial charge in [-0.25, -0.2) is 4.79 Å². The molecule has 0 saturated heterocycles. The van der Waals surface area contributed by atoms with Crippen LogP contribution in [0.2, 0.25) is 0 Å². The number of hydrogen-bond donors (Lipinski definition) is 0. The van der Waals surface area contributed by atoms with E-state index in [1.54, 1.807) is 6.08 Å². The van der Waals surface area contributed by atoms with Crippen molar-refractivity contribution < 1.29 is 19.0 Å². The second kappa shape index (κ2) is 11.4. The van der Waals surface area contributed by atoms with E-state index in [0.717, 1.165) is 48.3 Å². The monoisotopic (exact) mass is 384 g/mol. The van der Waals surface area contributed by atoms with Crippen LogP contribution < -0.4 is 9.47 Å². The molecule has 4 heteroatoms. The van der Waals surface area contributed by atoms with Crippen molar-refractivity contribution in [1.29, 1.82) is 0 Å². The third kappa shape index (κ3) is 8.03. The minimum Gasteiger partial charge on any atom is -0.462 e. The Balaban J connectivity index is 1.66. The lowest BCUT2D eigenvalue weighted by molar-refractivity contribution is -0.137. The molecule has 1 aromatic rings. The average Bonchev–Trinajstić information content (AvgIpc) is 3.09. The van der Waals surface area contributed by atoms with Crippen molar-refractivity contribution >= 4 is 5.97 Å². The number of allylic oxidation sites excluding steroid dienone is 5. The molecule has 0 fully saturated rings. The van der Waals surface area contributed by atoms with E-state index in [0.29, 0.717) is 13.0 Å². The van der Waals surface area contributed by atoms with Crippen LogP contribution in [0.15, 0.2) is 53.1 Å². The molecule has 1 aliphatic rings. The molecule has 1 heterocycles. The fraction of sp³-hybridized carbons (Fsp3) is 0.458. The van der Waals surface area contributed by atoms with Gasteiger partial charge in [0.25, 0.3) is 0 Å². The van der Waals surface area contributed by atoms with Crippen LogP contribution in [-0.2, 0) is 16.0 Å². The highest BCUT2D eigenvalue weighted by molar-refractivity contribution is 5.82. The first-order valence-electron chi connectivity index (χ1n) is 9.95. The summed E-state index contributed by atoms with van der Waals surface area (Å²) in [5.74, 6) is 1.24. The van der Waals surface area contributed by atoms with Crippen LogP contribution in [0.25, 0.3) is 0 Å². The topological polar surface area (TPSA) is 44.8 Å². The normalized spacial score (nSPS) is 13.4. The van der Waals surface area contributed by atoms with Gasteiger partial charge in [0.1, 0.15) is 0 Å². The van der Waals surface area contributed by atoms with Crippen molar-refractivity contribution in [2.24, 2.45) is 0 Å². The molecule has 1 aliphatic heterocycles. The van der Waals surface area contributed by atoms with Crippen LogP contribution in [0.4, 0.5) is 0 Å². The van der Waals surface area contributed by atoms with Crippen molar-refractivity contribution in [3.63, 3.8) is 0 Å². The van der Waals surface area contributed by atoms with Gasteiger partial charge < -0.3 is 14.2 Å². The van der Waals surface area contributed by atoms with Gasteiger partial charge in [-0.1, -0.05) is 34.9 Å². The Morgan fingerprint density at radius 1 is 1.00 bits per heavy atom. The molecular formula is C24H32O4. The van der Waals surface area contributed by atoms with Gasteiger partial charge in [0, 0.05) is 12.5 Å². The summed E-state index contributed by atoms with van der Waals surface area (Å²) in [6.07, 6.45) is 10.8. The van der Waals surface area contributed by atoms with Crippen molar-refractivity contribution in [3.05, 3.63) is 58.7 Å². The first-order valence-corrected chi connectivity index (χ1v) is 9.95. The summed E-state index contributed by atoms with van der Waals surface area (Å²) in [5.41, 5.74) is 4.87. The quantitative estimate of drug-likeness (QED) is 0.285. The zero-order valence-corrected chi connectivity index (χ0v) is 17.5. The molecule has 0 aromatic heterocycles. The van der Waals surface area contributed by atoms with Crippen LogP contribution in [0.5, 0.6) is 11.5 Å². The predicted octanol–water partition coefficient (Wildman–Crippen LogP) is 5.92. The summed E-state index contributed by atoms with van der Waals surface area (Å²) < 4.78 is 16.0. The summed E-state index contributed by atoms with van der Waals surface area (Å²) in [5, 5.41) is 0. The maximum atomic E-state index is 12.0. The molecule has 152 valence electrons. The molecule has 0 N–H and O–H groups in total. The first-order chi connectivity index (χ1) is 13.4. The van der Waals surface area contributed by atoms with Crippen LogP contribution in [0.3, 0.4) is 0 Å². The lowest BCUT2D eigenvalue weighted by atomic mass is 10.1. The molecule has 0 bridgehead atoms. The molecular weight excluding hydrogens is 352 g/mol. The van der Waals surface area contributed by atoms with Gasteiger partial charge in [0.05, 0.1) is 6.61 Å².